The average molecular weight is 322 g/mol. The predicted octanol–water partition coefficient (Wildman–Crippen LogP) is 2.68. The van der Waals surface area contributed by atoms with Gasteiger partial charge in [-0.25, -0.2) is 4.68 Å². The molecule has 1 unspecified atom stereocenters. The number of hydrogen-bond acceptors (Lipinski definition) is 3. The van der Waals surface area contributed by atoms with Crippen molar-refractivity contribution in [2.75, 3.05) is 13.6 Å². The molecule has 0 aliphatic heterocycles. The van der Waals surface area contributed by atoms with Crippen LogP contribution in [-0.4, -0.2) is 45.4 Å². The Balaban J connectivity index is 2.24. The second kappa shape index (κ2) is 6.94. The fourth-order valence-corrected chi connectivity index (χ4v) is 2.39. The van der Waals surface area contributed by atoms with Crippen LogP contribution in [0.15, 0.2) is 30.5 Å². The van der Waals surface area contributed by atoms with E-state index in [-0.39, 0.29) is 5.91 Å². The van der Waals surface area contributed by atoms with Gasteiger partial charge in [0.05, 0.1) is 34.3 Å². The van der Waals surface area contributed by atoms with E-state index >= 15 is 0 Å². The Morgan fingerprint density at radius 2 is 2.14 bits per heavy atom. The average Bonchev–Trinajstić information content (AvgIpc) is 2.86. The standard InChI is InChI=1S/C16H20ClN3O2/c1-11(21)8-9-19(3)16(22)13-10-18-20(12(13)2)15-7-5-4-6-14(15)17/h4-7,10-11,21H,8-9H2,1-3H3. The van der Waals surface area contributed by atoms with Crippen molar-refractivity contribution in [3.63, 3.8) is 0 Å². The monoisotopic (exact) mass is 321 g/mol. The van der Waals surface area contributed by atoms with E-state index in [4.69, 9.17) is 11.6 Å². The van der Waals surface area contributed by atoms with E-state index in [1.54, 1.807) is 35.8 Å². The van der Waals surface area contributed by atoms with Crippen molar-refractivity contribution in [2.45, 2.75) is 26.4 Å². The smallest absolute Gasteiger partial charge is 0.257 e. The van der Waals surface area contributed by atoms with Crippen LogP contribution in [0.1, 0.15) is 29.4 Å². The number of aliphatic hydroxyl groups excluding tert-OH is 1. The molecule has 1 N–H and O–H groups in total. The molecule has 0 aliphatic carbocycles. The first-order valence-corrected chi connectivity index (χ1v) is 7.52. The summed E-state index contributed by atoms with van der Waals surface area (Å²) in [7, 11) is 1.72. The van der Waals surface area contributed by atoms with Crippen LogP contribution >= 0.6 is 11.6 Å². The van der Waals surface area contributed by atoms with Crippen LogP contribution in [0, 0.1) is 6.92 Å². The molecule has 1 atom stereocenters. The maximum atomic E-state index is 12.5. The molecule has 1 aromatic heterocycles. The molecule has 0 radical (unpaired) electrons. The maximum absolute atomic E-state index is 12.5. The SMILES string of the molecule is Cc1c(C(=O)N(C)CCC(C)O)cnn1-c1ccccc1Cl. The Morgan fingerprint density at radius 1 is 1.45 bits per heavy atom. The van der Waals surface area contributed by atoms with Crippen LogP contribution in [0.3, 0.4) is 0 Å². The minimum absolute atomic E-state index is 0.114. The van der Waals surface area contributed by atoms with E-state index in [1.165, 1.54) is 0 Å². The lowest BCUT2D eigenvalue weighted by Gasteiger charge is -2.17. The third kappa shape index (κ3) is 3.48. The van der Waals surface area contributed by atoms with E-state index in [2.05, 4.69) is 5.10 Å². The highest BCUT2D eigenvalue weighted by Crippen LogP contribution is 2.22. The Bertz CT molecular complexity index is 667. The molecule has 118 valence electrons. The van der Waals surface area contributed by atoms with E-state index in [0.717, 1.165) is 11.4 Å². The second-order valence-corrected chi connectivity index (χ2v) is 5.78. The van der Waals surface area contributed by atoms with Gasteiger partial charge in [0.2, 0.25) is 0 Å². The van der Waals surface area contributed by atoms with Crippen molar-refractivity contribution >= 4 is 17.5 Å². The zero-order valence-electron chi connectivity index (χ0n) is 13.0. The van der Waals surface area contributed by atoms with E-state index < -0.39 is 6.10 Å². The van der Waals surface area contributed by atoms with Crippen molar-refractivity contribution in [3.8, 4) is 5.69 Å². The topological polar surface area (TPSA) is 58.4 Å². The van der Waals surface area contributed by atoms with Crippen LogP contribution in [-0.2, 0) is 0 Å². The number of benzene rings is 1. The number of carbonyl (C=O) groups excluding carboxylic acids is 1. The number of aromatic nitrogens is 2. The number of rotatable bonds is 5. The van der Waals surface area contributed by atoms with Gasteiger partial charge in [0.15, 0.2) is 0 Å². The lowest BCUT2D eigenvalue weighted by molar-refractivity contribution is 0.0768. The zero-order valence-corrected chi connectivity index (χ0v) is 13.7. The molecule has 0 fully saturated rings. The van der Waals surface area contributed by atoms with Gasteiger partial charge in [0.25, 0.3) is 5.91 Å². The van der Waals surface area contributed by atoms with Gasteiger partial charge in [-0.2, -0.15) is 5.10 Å². The highest BCUT2D eigenvalue weighted by atomic mass is 35.5. The molecule has 22 heavy (non-hydrogen) atoms. The van der Waals surface area contributed by atoms with Crippen LogP contribution < -0.4 is 0 Å². The van der Waals surface area contributed by atoms with E-state index in [0.29, 0.717) is 23.6 Å². The van der Waals surface area contributed by atoms with Crippen molar-refractivity contribution in [1.82, 2.24) is 14.7 Å². The molecular weight excluding hydrogens is 302 g/mol. The molecule has 1 aromatic carbocycles. The molecular formula is C16H20ClN3O2. The molecule has 5 nitrogen and oxygen atoms in total. The summed E-state index contributed by atoms with van der Waals surface area (Å²) >= 11 is 6.18. The summed E-state index contributed by atoms with van der Waals surface area (Å²) in [5, 5.41) is 14.2. The molecule has 0 saturated carbocycles. The molecule has 0 saturated heterocycles. The van der Waals surface area contributed by atoms with E-state index in [9.17, 15) is 9.90 Å². The minimum Gasteiger partial charge on any atom is -0.393 e. The summed E-state index contributed by atoms with van der Waals surface area (Å²) in [6.45, 7) is 4.04. The molecule has 0 spiro atoms. The minimum atomic E-state index is -0.429. The predicted molar refractivity (Wildman–Crippen MR) is 86.6 cm³/mol. The molecule has 1 heterocycles. The number of halogens is 1. The fourth-order valence-electron chi connectivity index (χ4n) is 2.17. The Hall–Kier alpha value is -1.85. The summed E-state index contributed by atoms with van der Waals surface area (Å²) < 4.78 is 1.66. The third-order valence-electron chi connectivity index (χ3n) is 3.55. The molecule has 0 bridgehead atoms. The maximum Gasteiger partial charge on any atom is 0.257 e. The molecule has 2 aromatic rings. The highest BCUT2D eigenvalue weighted by Gasteiger charge is 2.19. The Kier molecular flexibility index (Phi) is 5.21. The first-order valence-electron chi connectivity index (χ1n) is 7.15. The van der Waals surface area contributed by atoms with Gasteiger partial charge in [-0.1, -0.05) is 23.7 Å². The van der Waals surface area contributed by atoms with Crippen LogP contribution in [0.2, 0.25) is 5.02 Å². The van der Waals surface area contributed by atoms with Gasteiger partial charge < -0.3 is 10.0 Å². The van der Waals surface area contributed by atoms with Gasteiger partial charge in [-0.15, -0.1) is 0 Å². The number of carbonyl (C=O) groups is 1. The van der Waals surface area contributed by atoms with Crippen molar-refractivity contribution in [1.29, 1.82) is 0 Å². The molecule has 1 amide bonds. The first kappa shape index (κ1) is 16.5. The molecule has 2 rings (SSSR count). The quantitative estimate of drug-likeness (QED) is 0.921. The van der Waals surface area contributed by atoms with Crippen LogP contribution in [0.4, 0.5) is 0 Å². The number of para-hydroxylation sites is 1. The lowest BCUT2D eigenvalue weighted by Crippen LogP contribution is -2.29. The number of aliphatic hydroxyl groups is 1. The number of nitrogens with zero attached hydrogens (tertiary/aromatic N) is 3. The molecule has 0 aliphatic rings. The largest absolute Gasteiger partial charge is 0.393 e. The van der Waals surface area contributed by atoms with Crippen LogP contribution in [0.25, 0.3) is 5.69 Å². The Morgan fingerprint density at radius 3 is 2.77 bits per heavy atom. The van der Waals surface area contributed by atoms with Crippen molar-refractivity contribution in [3.05, 3.63) is 46.7 Å². The summed E-state index contributed by atoms with van der Waals surface area (Å²) in [6, 6.07) is 7.36. The summed E-state index contributed by atoms with van der Waals surface area (Å²) in [5.74, 6) is -0.114. The lowest BCUT2D eigenvalue weighted by atomic mass is 10.2. The van der Waals surface area contributed by atoms with Crippen molar-refractivity contribution in [2.24, 2.45) is 0 Å². The zero-order chi connectivity index (χ0) is 16.3. The second-order valence-electron chi connectivity index (χ2n) is 5.37. The van der Waals surface area contributed by atoms with Gasteiger partial charge in [0, 0.05) is 13.6 Å². The summed E-state index contributed by atoms with van der Waals surface area (Å²) in [5.41, 5.74) is 2.02. The third-order valence-corrected chi connectivity index (χ3v) is 3.87. The highest BCUT2D eigenvalue weighted by molar-refractivity contribution is 6.32. The fraction of sp³-hybridized carbons (Fsp3) is 0.375. The van der Waals surface area contributed by atoms with Gasteiger partial charge in [0.1, 0.15) is 0 Å². The summed E-state index contributed by atoms with van der Waals surface area (Å²) in [4.78, 5) is 14.1. The number of hydrogen-bond donors (Lipinski definition) is 1. The first-order chi connectivity index (χ1) is 10.4. The van der Waals surface area contributed by atoms with E-state index in [1.807, 2.05) is 25.1 Å². The molecule has 6 heteroatoms. The summed E-state index contributed by atoms with van der Waals surface area (Å²) in [6.07, 6.45) is 1.67. The Labute approximate surface area is 135 Å². The van der Waals surface area contributed by atoms with Crippen LogP contribution in [0.5, 0.6) is 0 Å². The normalized spacial score (nSPS) is 12.2. The number of amides is 1. The van der Waals surface area contributed by atoms with Gasteiger partial charge in [-0.05, 0) is 32.4 Å². The van der Waals surface area contributed by atoms with Crippen molar-refractivity contribution < 1.29 is 9.90 Å². The van der Waals surface area contributed by atoms with Gasteiger partial charge >= 0.3 is 0 Å². The van der Waals surface area contributed by atoms with Gasteiger partial charge in [-0.3, -0.25) is 4.79 Å².